The Morgan fingerprint density at radius 2 is 2.04 bits per heavy atom. The molecule has 1 fully saturated rings. The summed E-state index contributed by atoms with van der Waals surface area (Å²) in [4.78, 5) is 11.6. The van der Waals surface area contributed by atoms with Crippen molar-refractivity contribution >= 4 is 17.6 Å². The third-order valence-electron chi connectivity index (χ3n) is 4.13. The van der Waals surface area contributed by atoms with Crippen LogP contribution in [0.15, 0.2) is 48.5 Å². The first kappa shape index (κ1) is 16.8. The number of carbonyl (C=O) groups excluding carboxylic acids is 1. The van der Waals surface area contributed by atoms with E-state index in [1.807, 2.05) is 36.4 Å². The standard InChI is InChI=1S/C19H20ClNO3/c1-23-19(22)17-11-16(12-21-17)24-18-8-7-15(20)10-14(18)9-13-5-3-2-4-6-13/h2-8,10,16-17,21H,9,11-12H2,1H3. The van der Waals surface area contributed by atoms with Gasteiger partial charge >= 0.3 is 5.97 Å². The van der Waals surface area contributed by atoms with E-state index in [0.717, 1.165) is 17.7 Å². The highest BCUT2D eigenvalue weighted by molar-refractivity contribution is 6.30. The van der Waals surface area contributed by atoms with E-state index >= 15 is 0 Å². The molecule has 1 N–H and O–H groups in total. The summed E-state index contributed by atoms with van der Waals surface area (Å²) in [6.45, 7) is 0.618. The zero-order valence-electron chi connectivity index (χ0n) is 13.5. The van der Waals surface area contributed by atoms with Crippen LogP contribution in [0.3, 0.4) is 0 Å². The maximum atomic E-state index is 11.6. The molecule has 4 nitrogen and oxygen atoms in total. The van der Waals surface area contributed by atoms with Crippen molar-refractivity contribution in [3.8, 4) is 5.75 Å². The topological polar surface area (TPSA) is 47.6 Å². The highest BCUT2D eigenvalue weighted by atomic mass is 35.5. The minimum atomic E-state index is -0.301. The predicted molar refractivity (Wildman–Crippen MR) is 93.5 cm³/mol. The Balaban J connectivity index is 1.73. The van der Waals surface area contributed by atoms with E-state index in [9.17, 15) is 4.79 Å². The van der Waals surface area contributed by atoms with Gasteiger partial charge in [0.15, 0.2) is 0 Å². The number of esters is 1. The molecule has 1 aliphatic rings. The second-order valence-corrected chi connectivity index (χ2v) is 6.31. The van der Waals surface area contributed by atoms with Crippen LogP contribution >= 0.6 is 11.6 Å². The first-order valence-corrected chi connectivity index (χ1v) is 8.33. The fourth-order valence-corrected chi connectivity index (χ4v) is 3.11. The van der Waals surface area contributed by atoms with E-state index in [1.54, 1.807) is 0 Å². The van der Waals surface area contributed by atoms with Gasteiger partial charge in [0, 0.05) is 24.4 Å². The summed E-state index contributed by atoms with van der Waals surface area (Å²) >= 11 is 6.15. The average Bonchev–Trinajstić information content (AvgIpc) is 3.06. The molecule has 0 saturated carbocycles. The summed E-state index contributed by atoms with van der Waals surface area (Å²) < 4.78 is 10.9. The smallest absolute Gasteiger partial charge is 0.323 e. The zero-order chi connectivity index (χ0) is 16.9. The van der Waals surface area contributed by atoms with Crippen LogP contribution in [-0.2, 0) is 16.0 Å². The molecule has 2 aromatic rings. The van der Waals surface area contributed by atoms with Crippen molar-refractivity contribution in [1.82, 2.24) is 5.32 Å². The number of ether oxygens (including phenoxy) is 2. The van der Waals surface area contributed by atoms with Crippen LogP contribution in [0.4, 0.5) is 0 Å². The monoisotopic (exact) mass is 345 g/mol. The zero-order valence-corrected chi connectivity index (χ0v) is 14.3. The first-order chi connectivity index (χ1) is 11.7. The van der Waals surface area contributed by atoms with Crippen molar-refractivity contribution in [2.24, 2.45) is 0 Å². The lowest BCUT2D eigenvalue weighted by Crippen LogP contribution is -2.31. The molecular formula is C19H20ClNO3. The molecule has 3 rings (SSSR count). The molecule has 24 heavy (non-hydrogen) atoms. The lowest BCUT2D eigenvalue weighted by atomic mass is 10.0. The summed E-state index contributed by atoms with van der Waals surface area (Å²) in [5.41, 5.74) is 2.23. The van der Waals surface area contributed by atoms with E-state index < -0.39 is 0 Å². The number of benzene rings is 2. The largest absolute Gasteiger partial charge is 0.489 e. The average molecular weight is 346 g/mol. The highest BCUT2D eigenvalue weighted by Gasteiger charge is 2.31. The lowest BCUT2D eigenvalue weighted by molar-refractivity contribution is -0.142. The van der Waals surface area contributed by atoms with Crippen LogP contribution in [0.5, 0.6) is 5.75 Å². The molecule has 126 valence electrons. The number of nitrogens with one attached hydrogen (secondary N) is 1. The van der Waals surface area contributed by atoms with E-state index in [2.05, 4.69) is 17.4 Å². The molecule has 1 aliphatic heterocycles. The molecule has 5 heteroatoms. The van der Waals surface area contributed by atoms with Gasteiger partial charge < -0.3 is 14.8 Å². The van der Waals surface area contributed by atoms with Gasteiger partial charge in [-0.25, -0.2) is 0 Å². The molecule has 2 unspecified atom stereocenters. The van der Waals surface area contributed by atoms with E-state index in [4.69, 9.17) is 21.1 Å². The quantitative estimate of drug-likeness (QED) is 0.845. The van der Waals surface area contributed by atoms with Gasteiger partial charge in [-0.2, -0.15) is 0 Å². The lowest BCUT2D eigenvalue weighted by Gasteiger charge is -2.17. The molecule has 1 heterocycles. The molecule has 2 atom stereocenters. The van der Waals surface area contributed by atoms with Crippen molar-refractivity contribution in [1.29, 1.82) is 0 Å². The Bertz CT molecular complexity index is 705. The summed E-state index contributed by atoms with van der Waals surface area (Å²) in [5, 5.41) is 3.82. The summed E-state index contributed by atoms with van der Waals surface area (Å²) in [6.07, 6.45) is 1.28. The molecule has 0 radical (unpaired) electrons. The Morgan fingerprint density at radius 1 is 1.25 bits per heavy atom. The van der Waals surface area contributed by atoms with Crippen molar-refractivity contribution in [2.75, 3.05) is 13.7 Å². The minimum absolute atomic E-state index is 0.0650. The number of methoxy groups -OCH3 is 1. The maximum absolute atomic E-state index is 11.6. The van der Waals surface area contributed by atoms with Gasteiger partial charge in [0.2, 0.25) is 0 Å². The second kappa shape index (κ2) is 7.69. The van der Waals surface area contributed by atoms with Gasteiger partial charge in [0.1, 0.15) is 17.9 Å². The van der Waals surface area contributed by atoms with Crippen LogP contribution in [0.2, 0.25) is 5.02 Å². The van der Waals surface area contributed by atoms with Gasteiger partial charge in [-0.1, -0.05) is 41.9 Å². The molecular weight excluding hydrogens is 326 g/mol. The normalized spacial score (nSPS) is 19.9. The van der Waals surface area contributed by atoms with Crippen molar-refractivity contribution < 1.29 is 14.3 Å². The number of rotatable bonds is 5. The maximum Gasteiger partial charge on any atom is 0.323 e. The molecule has 0 spiro atoms. The Hall–Kier alpha value is -2.04. The van der Waals surface area contributed by atoms with Crippen molar-refractivity contribution in [2.45, 2.75) is 25.0 Å². The van der Waals surface area contributed by atoms with Gasteiger partial charge in [-0.15, -0.1) is 0 Å². The van der Waals surface area contributed by atoms with Gasteiger partial charge in [-0.3, -0.25) is 4.79 Å². The number of hydrogen-bond acceptors (Lipinski definition) is 4. The van der Waals surface area contributed by atoms with Gasteiger partial charge in [0.25, 0.3) is 0 Å². The van der Waals surface area contributed by atoms with Gasteiger partial charge in [-0.05, 0) is 29.3 Å². The minimum Gasteiger partial charge on any atom is -0.489 e. The summed E-state index contributed by atoms with van der Waals surface area (Å²) in [5.74, 6) is 0.558. The highest BCUT2D eigenvalue weighted by Crippen LogP contribution is 2.28. The van der Waals surface area contributed by atoms with Crippen molar-refractivity contribution in [3.05, 3.63) is 64.7 Å². The third-order valence-corrected chi connectivity index (χ3v) is 4.36. The van der Waals surface area contributed by atoms with Crippen LogP contribution in [0, 0.1) is 0 Å². The van der Waals surface area contributed by atoms with Crippen LogP contribution in [0.1, 0.15) is 17.5 Å². The molecule has 2 aromatic carbocycles. The third kappa shape index (κ3) is 4.08. The fourth-order valence-electron chi connectivity index (χ4n) is 2.91. The van der Waals surface area contributed by atoms with Crippen LogP contribution < -0.4 is 10.1 Å². The molecule has 0 aromatic heterocycles. The Kier molecular flexibility index (Phi) is 5.38. The van der Waals surface area contributed by atoms with Gasteiger partial charge in [0.05, 0.1) is 7.11 Å². The SMILES string of the molecule is COC(=O)C1CC(Oc2ccc(Cl)cc2Cc2ccccc2)CN1. The second-order valence-electron chi connectivity index (χ2n) is 5.87. The molecule has 0 aliphatic carbocycles. The summed E-state index contributed by atoms with van der Waals surface area (Å²) in [6, 6.07) is 15.5. The van der Waals surface area contributed by atoms with E-state index in [1.165, 1.54) is 12.7 Å². The number of carbonyl (C=O) groups is 1. The molecule has 0 bridgehead atoms. The predicted octanol–water partition coefficient (Wildman–Crippen LogP) is 3.21. The van der Waals surface area contributed by atoms with Crippen LogP contribution in [0.25, 0.3) is 0 Å². The van der Waals surface area contributed by atoms with Crippen molar-refractivity contribution in [3.63, 3.8) is 0 Å². The van der Waals surface area contributed by atoms with E-state index in [-0.39, 0.29) is 18.1 Å². The van der Waals surface area contributed by atoms with E-state index in [0.29, 0.717) is 18.0 Å². The fraction of sp³-hybridized carbons (Fsp3) is 0.316. The number of hydrogen-bond donors (Lipinski definition) is 1. The summed E-state index contributed by atoms with van der Waals surface area (Å²) in [7, 11) is 1.40. The molecule has 0 amide bonds. The number of halogens is 1. The molecule has 1 saturated heterocycles. The Morgan fingerprint density at radius 3 is 2.79 bits per heavy atom. The first-order valence-electron chi connectivity index (χ1n) is 7.96. The Labute approximate surface area is 146 Å². The van der Waals surface area contributed by atoms with Crippen LogP contribution in [-0.4, -0.2) is 31.8 Å².